The predicted molar refractivity (Wildman–Crippen MR) is 98.4 cm³/mol. The van der Waals surface area contributed by atoms with Gasteiger partial charge in [-0.2, -0.15) is 0 Å². The highest BCUT2D eigenvalue weighted by Crippen LogP contribution is 2.34. The second kappa shape index (κ2) is 6.90. The summed E-state index contributed by atoms with van der Waals surface area (Å²) in [6.07, 6.45) is 0. The fourth-order valence-corrected chi connectivity index (χ4v) is 3.07. The Bertz CT molecular complexity index is 865. The normalized spacial score (nSPS) is 14.6. The van der Waals surface area contributed by atoms with Crippen molar-refractivity contribution in [3.63, 3.8) is 0 Å². The summed E-state index contributed by atoms with van der Waals surface area (Å²) in [5.41, 5.74) is 1.30. The molecule has 0 saturated carbocycles. The molecule has 2 N–H and O–H groups in total. The lowest BCUT2D eigenvalue weighted by Crippen LogP contribution is -2.46. The molecule has 7 heteroatoms. The van der Waals surface area contributed by atoms with Crippen molar-refractivity contribution in [2.75, 3.05) is 20.0 Å². The summed E-state index contributed by atoms with van der Waals surface area (Å²) < 4.78 is 21.8. The predicted octanol–water partition coefficient (Wildman–Crippen LogP) is 2.92. The zero-order valence-corrected chi connectivity index (χ0v) is 15.3. The number of urea groups is 1. The maximum absolute atomic E-state index is 12.4. The number of carbonyl (C=O) groups is 1. The van der Waals surface area contributed by atoms with Gasteiger partial charge in [0.15, 0.2) is 23.0 Å². The van der Waals surface area contributed by atoms with E-state index in [-0.39, 0.29) is 12.8 Å². The van der Waals surface area contributed by atoms with Crippen LogP contribution in [0.2, 0.25) is 0 Å². The molecule has 2 aliphatic rings. The van der Waals surface area contributed by atoms with Crippen molar-refractivity contribution in [2.24, 2.45) is 0 Å². The number of fused-ring (bicyclic) bond motifs is 2. The van der Waals surface area contributed by atoms with E-state index in [1.807, 2.05) is 50.2 Å². The Hall–Kier alpha value is -3.09. The summed E-state index contributed by atoms with van der Waals surface area (Å²) in [5.74, 6) is 2.86. The molecule has 0 aliphatic carbocycles. The molecule has 0 unspecified atom stereocenters. The Labute approximate surface area is 157 Å². The van der Waals surface area contributed by atoms with Crippen LogP contribution in [0, 0.1) is 0 Å². The van der Waals surface area contributed by atoms with Gasteiger partial charge in [0.2, 0.25) is 6.79 Å². The van der Waals surface area contributed by atoms with Crippen molar-refractivity contribution in [2.45, 2.75) is 25.9 Å². The van der Waals surface area contributed by atoms with Crippen molar-refractivity contribution in [3.05, 3.63) is 47.5 Å². The molecule has 0 spiro atoms. The molecular weight excluding hydrogens is 348 g/mol. The van der Waals surface area contributed by atoms with Crippen LogP contribution < -0.4 is 29.6 Å². The smallest absolute Gasteiger partial charge is 0.315 e. The molecule has 2 heterocycles. The van der Waals surface area contributed by atoms with Crippen molar-refractivity contribution in [1.82, 2.24) is 10.6 Å². The van der Waals surface area contributed by atoms with Crippen LogP contribution in [0.5, 0.6) is 23.0 Å². The first-order chi connectivity index (χ1) is 13.0. The lowest BCUT2D eigenvalue weighted by molar-refractivity contribution is 0.171. The number of carbonyl (C=O) groups excluding carboxylic acids is 1. The average molecular weight is 370 g/mol. The molecule has 142 valence electrons. The summed E-state index contributed by atoms with van der Waals surface area (Å²) in [6, 6.07) is 11.1. The van der Waals surface area contributed by atoms with Crippen molar-refractivity contribution >= 4 is 6.03 Å². The third-order valence-electron chi connectivity index (χ3n) is 4.58. The summed E-state index contributed by atoms with van der Waals surface area (Å²) in [5, 5.41) is 5.88. The Morgan fingerprint density at radius 2 is 1.59 bits per heavy atom. The van der Waals surface area contributed by atoms with E-state index < -0.39 is 5.54 Å². The van der Waals surface area contributed by atoms with E-state index in [0.717, 1.165) is 22.6 Å². The third kappa shape index (κ3) is 3.72. The lowest BCUT2D eigenvalue weighted by atomic mass is 9.94. The number of ether oxygens (including phenoxy) is 4. The molecule has 2 amide bonds. The van der Waals surface area contributed by atoms with Crippen LogP contribution in [0.1, 0.15) is 25.0 Å². The lowest BCUT2D eigenvalue weighted by Gasteiger charge is -2.28. The van der Waals surface area contributed by atoms with E-state index in [1.165, 1.54) is 0 Å². The van der Waals surface area contributed by atoms with E-state index >= 15 is 0 Å². The molecule has 0 radical (unpaired) electrons. The SMILES string of the molecule is CC(C)(NC(=O)NCc1ccc2c(c1)OCO2)c1ccc2c(c1)OCCO2. The fraction of sp³-hybridized carbons (Fsp3) is 0.350. The Kier molecular flexibility index (Phi) is 4.43. The second-order valence-electron chi connectivity index (χ2n) is 6.98. The monoisotopic (exact) mass is 370 g/mol. The first kappa shape index (κ1) is 17.3. The molecule has 2 aromatic carbocycles. The molecule has 0 bridgehead atoms. The van der Waals surface area contributed by atoms with Crippen molar-refractivity contribution < 1.29 is 23.7 Å². The Morgan fingerprint density at radius 3 is 2.44 bits per heavy atom. The van der Waals surface area contributed by atoms with Crippen molar-refractivity contribution in [1.29, 1.82) is 0 Å². The number of amides is 2. The van der Waals surface area contributed by atoms with Crippen LogP contribution >= 0.6 is 0 Å². The quantitative estimate of drug-likeness (QED) is 0.865. The highest BCUT2D eigenvalue weighted by molar-refractivity contribution is 5.75. The fourth-order valence-electron chi connectivity index (χ4n) is 3.07. The zero-order valence-electron chi connectivity index (χ0n) is 15.3. The molecule has 4 rings (SSSR count). The summed E-state index contributed by atoms with van der Waals surface area (Å²) in [6.45, 7) is 5.59. The van der Waals surface area contributed by atoms with Crippen LogP contribution in [0.25, 0.3) is 0 Å². The molecule has 0 atom stereocenters. The van der Waals surface area contributed by atoms with Crippen LogP contribution in [0.4, 0.5) is 4.79 Å². The van der Waals surface area contributed by atoms with Gasteiger partial charge in [0.25, 0.3) is 0 Å². The van der Waals surface area contributed by atoms with Crippen LogP contribution in [-0.4, -0.2) is 26.0 Å². The molecule has 2 aromatic rings. The summed E-state index contributed by atoms with van der Waals surface area (Å²) in [7, 11) is 0. The number of nitrogens with one attached hydrogen (secondary N) is 2. The van der Waals surface area contributed by atoms with Gasteiger partial charge in [0.1, 0.15) is 13.2 Å². The molecule has 0 saturated heterocycles. The Balaban J connectivity index is 1.38. The molecule has 7 nitrogen and oxygen atoms in total. The van der Waals surface area contributed by atoms with Gasteiger partial charge in [-0.1, -0.05) is 12.1 Å². The molecule has 0 aromatic heterocycles. The summed E-state index contributed by atoms with van der Waals surface area (Å²) >= 11 is 0. The topological polar surface area (TPSA) is 78.1 Å². The van der Waals surface area contributed by atoms with E-state index in [2.05, 4.69) is 10.6 Å². The maximum atomic E-state index is 12.4. The van der Waals surface area contributed by atoms with Gasteiger partial charge < -0.3 is 29.6 Å². The standard InChI is InChI=1S/C20H22N2O5/c1-20(2,14-4-6-15-18(10-14)25-8-7-24-15)22-19(23)21-11-13-3-5-16-17(9-13)27-12-26-16/h3-6,9-10H,7-8,11-12H2,1-2H3,(H2,21,22,23). The molecule has 0 fully saturated rings. The van der Waals surface area contributed by atoms with Gasteiger partial charge in [0, 0.05) is 6.54 Å². The number of benzene rings is 2. The number of rotatable bonds is 4. The van der Waals surface area contributed by atoms with Gasteiger partial charge in [-0.05, 0) is 49.2 Å². The van der Waals surface area contributed by atoms with E-state index in [9.17, 15) is 4.79 Å². The zero-order chi connectivity index (χ0) is 18.9. The minimum atomic E-state index is -0.575. The van der Waals surface area contributed by atoms with Gasteiger partial charge in [-0.3, -0.25) is 0 Å². The van der Waals surface area contributed by atoms with Crippen molar-refractivity contribution in [3.8, 4) is 23.0 Å². The minimum absolute atomic E-state index is 0.233. The third-order valence-corrected chi connectivity index (χ3v) is 4.58. The van der Waals surface area contributed by atoms with Gasteiger partial charge in [0.05, 0.1) is 5.54 Å². The van der Waals surface area contributed by atoms with E-state index in [1.54, 1.807) is 0 Å². The summed E-state index contributed by atoms with van der Waals surface area (Å²) in [4.78, 5) is 12.4. The first-order valence-corrected chi connectivity index (χ1v) is 8.86. The number of hydrogen-bond acceptors (Lipinski definition) is 5. The van der Waals surface area contributed by atoms with Gasteiger partial charge in [-0.25, -0.2) is 4.79 Å². The first-order valence-electron chi connectivity index (χ1n) is 8.86. The van der Waals surface area contributed by atoms with Crippen LogP contribution in [0.3, 0.4) is 0 Å². The second-order valence-corrected chi connectivity index (χ2v) is 6.98. The highest BCUT2D eigenvalue weighted by atomic mass is 16.7. The van der Waals surface area contributed by atoms with E-state index in [0.29, 0.717) is 31.3 Å². The molecule has 27 heavy (non-hydrogen) atoms. The number of hydrogen-bond donors (Lipinski definition) is 2. The van der Waals surface area contributed by atoms with Gasteiger partial charge in [-0.15, -0.1) is 0 Å². The average Bonchev–Trinajstić information content (AvgIpc) is 3.13. The minimum Gasteiger partial charge on any atom is -0.486 e. The maximum Gasteiger partial charge on any atom is 0.315 e. The molecule has 2 aliphatic heterocycles. The highest BCUT2D eigenvalue weighted by Gasteiger charge is 2.25. The van der Waals surface area contributed by atoms with E-state index in [4.69, 9.17) is 18.9 Å². The van der Waals surface area contributed by atoms with Crippen LogP contribution in [0.15, 0.2) is 36.4 Å². The van der Waals surface area contributed by atoms with Gasteiger partial charge >= 0.3 is 6.03 Å². The Morgan fingerprint density at radius 1 is 0.926 bits per heavy atom. The van der Waals surface area contributed by atoms with Crippen LogP contribution in [-0.2, 0) is 12.1 Å². The molecular formula is C20H22N2O5. The largest absolute Gasteiger partial charge is 0.486 e.